The number of ether oxygens (including phenoxy) is 2. The number of rotatable bonds is 8. The van der Waals surface area contributed by atoms with Crippen molar-refractivity contribution in [2.45, 2.75) is 11.8 Å². The zero-order valence-corrected chi connectivity index (χ0v) is 15.7. The Bertz CT molecular complexity index is 835. The number of nitrogens with zero attached hydrogens (tertiary/aromatic N) is 1. The van der Waals surface area contributed by atoms with E-state index in [1.54, 1.807) is 30.3 Å². The molecule has 0 heterocycles. The predicted molar refractivity (Wildman–Crippen MR) is 100 cm³/mol. The summed E-state index contributed by atoms with van der Waals surface area (Å²) >= 11 is 6.14. The van der Waals surface area contributed by atoms with Crippen molar-refractivity contribution in [1.29, 1.82) is 0 Å². The smallest absolute Gasteiger partial charge is 0.264 e. The number of sulfonamides is 1. The molecular formula is C18H20ClNO4S. The SMILES string of the molecule is C=CCN(c1ccc(OC)c(Cl)c1)S(=O)(=O)c1ccc(OCC)cc1. The molecule has 0 bridgehead atoms. The first-order valence-corrected chi connectivity index (χ1v) is 9.46. The molecule has 0 unspecified atom stereocenters. The van der Waals surface area contributed by atoms with E-state index in [0.717, 1.165) is 0 Å². The van der Waals surface area contributed by atoms with Crippen LogP contribution in [0.2, 0.25) is 5.02 Å². The number of anilines is 1. The van der Waals surface area contributed by atoms with Crippen LogP contribution in [0, 0.1) is 0 Å². The van der Waals surface area contributed by atoms with E-state index in [4.69, 9.17) is 21.1 Å². The van der Waals surface area contributed by atoms with Gasteiger partial charge in [-0.2, -0.15) is 0 Å². The van der Waals surface area contributed by atoms with Crippen molar-refractivity contribution in [3.63, 3.8) is 0 Å². The monoisotopic (exact) mass is 381 g/mol. The van der Waals surface area contributed by atoms with E-state index >= 15 is 0 Å². The first kappa shape index (κ1) is 19.1. The number of benzene rings is 2. The lowest BCUT2D eigenvalue weighted by atomic mass is 10.3. The highest BCUT2D eigenvalue weighted by Crippen LogP contribution is 2.32. The standard InChI is InChI=1S/C18H20ClNO4S/c1-4-12-20(14-6-11-18(23-3)17(19)13-14)25(21,22)16-9-7-15(8-10-16)24-5-2/h4,6-11,13H,1,5,12H2,2-3H3. The van der Waals surface area contributed by atoms with Gasteiger partial charge in [-0.15, -0.1) is 6.58 Å². The van der Waals surface area contributed by atoms with Gasteiger partial charge in [-0.05, 0) is 49.4 Å². The normalized spacial score (nSPS) is 11.0. The Balaban J connectivity index is 2.43. The average molecular weight is 382 g/mol. The fourth-order valence-corrected chi connectivity index (χ4v) is 3.95. The van der Waals surface area contributed by atoms with Crippen molar-refractivity contribution in [3.8, 4) is 11.5 Å². The Labute approximate surface area is 153 Å². The van der Waals surface area contributed by atoms with E-state index in [1.807, 2.05) is 6.92 Å². The topological polar surface area (TPSA) is 55.8 Å². The fraction of sp³-hybridized carbons (Fsp3) is 0.222. The summed E-state index contributed by atoms with van der Waals surface area (Å²) in [5, 5.41) is 0.330. The molecule has 0 aromatic heterocycles. The molecule has 0 spiro atoms. The van der Waals surface area contributed by atoms with Crippen LogP contribution < -0.4 is 13.8 Å². The molecule has 0 aliphatic carbocycles. The molecule has 134 valence electrons. The van der Waals surface area contributed by atoms with E-state index in [-0.39, 0.29) is 11.4 Å². The van der Waals surface area contributed by atoms with Crippen LogP contribution in [0.3, 0.4) is 0 Å². The van der Waals surface area contributed by atoms with Crippen molar-refractivity contribution >= 4 is 27.3 Å². The molecule has 2 aromatic carbocycles. The Morgan fingerprint density at radius 1 is 1.20 bits per heavy atom. The van der Waals surface area contributed by atoms with Crippen LogP contribution in [0.4, 0.5) is 5.69 Å². The van der Waals surface area contributed by atoms with Crippen LogP contribution in [-0.4, -0.2) is 28.7 Å². The summed E-state index contributed by atoms with van der Waals surface area (Å²) in [5.41, 5.74) is 0.430. The molecule has 0 atom stereocenters. The van der Waals surface area contributed by atoms with E-state index in [2.05, 4.69) is 6.58 Å². The van der Waals surface area contributed by atoms with Crippen LogP contribution in [-0.2, 0) is 10.0 Å². The first-order valence-electron chi connectivity index (χ1n) is 7.64. The lowest BCUT2D eigenvalue weighted by Gasteiger charge is -2.23. The molecule has 0 aliphatic heterocycles. The number of hydrogen-bond donors (Lipinski definition) is 0. The van der Waals surface area contributed by atoms with E-state index < -0.39 is 10.0 Å². The summed E-state index contributed by atoms with van der Waals surface area (Å²) in [6.45, 7) is 6.13. The number of methoxy groups -OCH3 is 1. The molecule has 2 rings (SSSR count). The van der Waals surface area contributed by atoms with Crippen molar-refractivity contribution in [3.05, 3.63) is 60.1 Å². The maximum Gasteiger partial charge on any atom is 0.264 e. The van der Waals surface area contributed by atoms with Crippen molar-refractivity contribution in [1.82, 2.24) is 0 Å². The summed E-state index contributed by atoms with van der Waals surface area (Å²) < 4.78 is 37.7. The van der Waals surface area contributed by atoms with Gasteiger partial charge in [0.1, 0.15) is 11.5 Å². The minimum atomic E-state index is -3.78. The summed E-state index contributed by atoms with van der Waals surface area (Å²) in [7, 11) is -2.28. The molecule has 5 nitrogen and oxygen atoms in total. The third-order valence-electron chi connectivity index (χ3n) is 3.44. The van der Waals surface area contributed by atoms with Gasteiger partial charge in [0.05, 0.1) is 35.9 Å². The largest absolute Gasteiger partial charge is 0.495 e. The fourth-order valence-electron chi connectivity index (χ4n) is 2.27. The van der Waals surface area contributed by atoms with Gasteiger partial charge in [0.2, 0.25) is 0 Å². The Kier molecular flexibility index (Phi) is 6.33. The maximum absolute atomic E-state index is 13.0. The zero-order valence-electron chi connectivity index (χ0n) is 14.1. The highest BCUT2D eigenvalue weighted by Gasteiger charge is 2.24. The third-order valence-corrected chi connectivity index (χ3v) is 5.54. The highest BCUT2D eigenvalue weighted by atomic mass is 35.5. The van der Waals surface area contributed by atoms with E-state index in [9.17, 15) is 8.42 Å². The highest BCUT2D eigenvalue weighted by molar-refractivity contribution is 7.92. The van der Waals surface area contributed by atoms with Crippen LogP contribution in [0.25, 0.3) is 0 Å². The second kappa shape index (κ2) is 8.27. The lowest BCUT2D eigenvalue weighted by Crippen LogP contribution is -2.31. The molecule has 2 aromatic rings. The Morgan fingerprint density at radius 2 is 1.88 bits per heavy atom. The van der Waals surface area contributed by atoms with Crippen LogP contribution in [0.1, 0.15) is 6.92 Å². The molecule has 0 aliphatic rings. The molecule has 7 heteroatoms. The van der Waals surface area contributed by atoms with Gasteiger partial charge >= 0.3 is 0 Å². The van der Waals surface area contributed by atoms with Crippen LogP contribution in [0.15, 0.2) is 60.0 Å². The van der Waals surface area contributed by atoms with Gasteiger partial charge in [-0.25, -0.2) is 8.42 Å². The van der Waals surface area contributed by atoms with Crippen LogP contribution in [0.5, 0.6) is 11.5 Å². The summed E-state index contributed by atoms with van der Waals surface area (Å²) in [5.74, 6) is 1.09. The minimum Gasteiger partial charge on any atom is -0.495 e. The summed E-state index contributed by atoms with van der Waals surface area (Å²) in [6, 6.07) is 11.1. The number of hydrogen-bond acceptors (Lipinski definition) is 4. The second-order valence-electron chi connectivity index (χ2n) is 5.05. The van der Waals surface area contributed by atoms with Crippen molar-refractivity contribution in [2.75, 3.05) is 24.6 Å². The third kappa shape index (κ3) is 4.27. The number of halogens is 1. The second-order valence-corrected chi connectivity index (χ2v) is 7.32. The van der Waals surface area contributed by atoms with Gasteiger partial charge in [-0.3, -0.25) is 4.31 Å². The quantitative estimate of drug-likeness (QED) is 0.645. The molecule has 0 saturated heterocycles. The Morgan fingerprint density at radius 3 is 2.40 bits per heavy atom. The molecular weight excluding hydrogens is 362 g/mol. The zero-order chi connectivity index (χ0) is 18.4. The van der Waals surface area contributed by atoms with Gasteiger partial charge in [0.15, 0.2) is 0 Å². The molecule has 0 N–H and O–H groups in total. The molecule has 0 fully saturated rings. The van der Waals surface area contributed by atoms with E-state index in [0.29, 0.717) is 28.8 Å². The van der Waals surface area contributed by atoms with Gasteiger partial charge < -0.3 is 9.47 Å². The lowest BCUT2D eigenvalue weighted by molar-refractivity contribution is 0.340. The van der Waals surface area contributed by atoms with Gasteiger partial charge in [0, 0.05) is 0 Å². The predicted octanol–water partition coefficient (Wildman–Crippen LogP) is 4.13. The molecule has 0 saturated carbocycles. The maximum atomic E-state index is 13.0. The van der Waals surface area contributed by atoms with Crippen molar-refractivity contribution in [2.24, 2.45) is 0 Å². The van der Waals surface area contributed by atoms with Crippen molar-refractivity contribution < 1.29 is 17.9 Å². The van der Waals surface area contributed by atoms with Crippen LogP contribution >= 0.6 is 11.6 Å². The molecule has 0 radical (unpaired) electrons. The molecule has 25 heavy (non-hydrogen) atoms. The summed E-state index contributed by atoms with van der Waals surface area (Å²) in [4.78, 5) is 0.157. The molecule has 0 amide bonds. The summed E-state index contributed by atoms with van der Waals surface area (Å²) in [6.07, 6.45) is 1.52. The van der Waals surface area contributed by atoms with Gasteiger partial charge in [0.25, 0.3) is 10.0 Å². The van der Waals surface area contributed by atoms with E-state index in [1.165, 1.54) is 29.6 Å². The average Bonchev–Trinajstić information content (AvgIpc) is 2.60. The van der Waals surface area contributed by atoms with Gasteiger partial charge in [-0.1, -0.05) is 17.7 Å². The first-order chi connectivity index (χ1) is 11.9. The Hall–Kier alpha value is -2.18. The minimum absolute atomic E-state index is 0.109.